The molecule has 3 heteroatoms. The summed E-state index contributed by atoms with van der Waals surface area (Å²) in [6.45, 7) is 3.71. The number of hydrogen-bond donors (Lipinski definition) is 0. The van der Waals surface area contributed by atoms with Crippen molar-refractivity contribution in [3.63, 3.8) is 0 Å². The molecule has 4 rings (SSSR count). The van der Waals surface area contributed by atoms with E-state index in [2.05, 4.69) is 22.9 Å². The summed E-state index contributed by atoms with van der Waals surface area (Å²) in [6.07, 6.45) is 6.00. The van der Waals surface area contributed by atoms with E-state index < -0.39 is 0 Å². The number of benzene rings is 2. The van der Waals surface area contributed by atoms with Crippen molar-refractivity contribution in [1.29, 1.82) is 0 Å². The Kier molecular flexibility index (Phi) is 3.79. The van der Waals surface area contributed by atoms with Crippen molar-refractivity contribution >= 4 is 22.8 Å². The number of ether oxygens (including phenoxy) is 1. The Hall–Kier alpha value is -2.65. The molecule has 1 aliphatic rings. The van der Waals surface area contributed by atoms with Crippen LogP contribution < -0.4 is 0 Å². The Bertz CT molecular complexity index is 915. The average Bonchev–Trinajstić information content (AvgIpc) is 3.35. The standard InChI is InChI=1S/C21H19NO2/c1-15-6-8-16(9-7-15)21(23)11-10-17-12-22(13-18-14-24-18)20-5-3-2-4-19(17)20/h2-12,18H,13-14H2,1H3/b11-10+. The summed E-state index contributed by atoms with van der Waals surface area (Å²) in [5, 5.41) is 1.16. The first-order valence-corrected chi connectivity index (χ1v) is 8.19. The highest BCUT2D eigenvalue weighted by molar-refractivity contribution is 6.07. The monoisotopic (exact) mass is 317 g/mol. The minimum absolute atomic E-state index is 0.0253. The summed E-state index contributed by atoms with van der Waals surface area (Å²) in [7, 11) is 0. The summed E-state index contributed by atoms with van der Waals surface area (Å²) in [5.74, 6) is 0.0253. The van der Waals surface area contributed by atoms with Gasteiger partial charge in [0.05, 0.1) is 19.3 Å². The first-order valence-electron chi connectivity index (χ1n) is 8.19. The normalized spacial score (nSPS) is 16.8. The highest BCUT2D eigenvalue weighted by Crippen LogP contribution is 2.25. The van der Waals surface area contributed by atoms with Crippen LogP contribution in [0.4, 0.5) is 0 Å². The molecule has 0 radical (unpaired) electrons. The van der Waals surface area contributed by atoms with Crippen molar-refractivity contribution in [3.8, 4) is 0 Å². The molecule has 0 N–H and O–H groups in total. The van der Waals surface area contributed by atoms with Crippen molar-refractivity contribution in [2.24, 2.45) is 0 Å². The van der Waals surface area contributed by atoms with Gasteiger partial charge in [-0.3, -0.25) is 4.79 Å². The van der Waals surface area contributed by atoms with Crippen LogP contribution in [0.15, 0.2) is 60.8 Å². The third-order valence-electron chi connectivity index (χ3n) is 4.37. The van der Waals surface area contributed by atoms with Crippen LogP contribution in [0.5, 0.6) is 0 Å². The zero-order valence-corrected chi connectivity index (χ0v) is 13.6. The Morgan fingerprint density at radius 1 is 1.21 bits per heavy atom. The van der Waals surface area contributed by atoms with Crippen molar-refractivity contribution in [2.75, 3.05) is 6.61 Å². The van der Waals surface area contributed by atoms with Gasteiger partial charge < -0.3 is 9.30 Å². The molecule has 1 saturated heterocycles. The van der Waals surface area contributed by atoms with E-state index in [4.69, 9.17) is 4.74 Å². The second-order valence-corrected chi connectivity index (χ2v) is 6.27. The zero-order chi connectivity index (χ0) is 16.5. The second kappa shape index (κ2) is 6.10. The van der Waals surface area contributed by atoms with Gasteiger partial charge in [0.1, 0.15) is 0 Å². The summed E-state index contributed by atoms with van der Waals surface area (Å²) < 4.78 is 7.55. The molecule has 0 saturated carbocycles. The molecule has 24 heavy (non-hydrogen) atoms. The molecule has 1 aliphatic heterocycles. The first kappa shape index (κ1) is 14.9. The molecule has 3 nitrogen and oxygen atoms in total. The molecule has 0 spiro atoms. The molecule has 1 fully saturated rings. The SMILES string of the molecule is Cc1ccc(C(=O)/C=C/c2cn(CC3CO3)c3ccccc23)cc1. The molecule has 0 aliphatic carbocycles. The second-order valence-electron chi connectivity index (χ2n) is 6.27. The average molecular weight is 317 g/mol. The van der Waals surface area contributed by atoms with Crippen molar-refractivity contribution in [2.45, 2.75) is 19.6 Å². The molecule has 0 amide bonds. The van der Waals surface area contributed by atoms with Crippen LogP contribution in [0, 0.1) is 6.92 Å². The number of fused-ring (bicyclic) bond motifs is 1. The molecule has 120 valence electrons. The Morgan fingerprint density at radius 2 is 1.96 bits per heavy atom. The lowest BCUT2D eigenvalue weighted by atomic mass is 10.1. The van der Waals surface area contributed by atoms with E-state index in [0.29, 0.717) is 11.7 Å². The first-order chi connectivity index (χ1) is 11.7. The van der Waals surface area contributed by atoms with Crippen LogP contribution >= 0.6 is 0 Å². The number of para-hydroxylation sites is 1. The molecular weight excluding hydrogens is 298 g/mol. The van der Waals surface area contributed by atoms with Crippen LogP contribution in [0.1, 0.15) is 21.5 Å². The van der Waals surface area contributed by atoms with Gasteiger partial charge in [-0.25, -0.2) is 0 Å². The minimum atomic E-state index is 0.0253. The Morgan fingerprint density at radius 3 is 2.71 bits per heavy atom. The molecule has 2 heterocycles. The fraction of sp³-hybridized carbons (Fsp3) is 0.190. The largest absolute Gasteiger partial charge is 0.371 e. The van der Waals surface area contributed by atoms with E-state index in [1.54, 1.807) is 6.08 Å². The molecule has 2 aromatic carbocycles. The number of hydrogen-bond acceptors (Lipinski definition) is 2. The molecule has 1 aromatic heterocycles. The van der Waals surface area contributed by atoms with Crippen molar-refractivity contribution < 1.29 is 9.53 Å². The maximum absolute atomic E-state index is 12.3. The minimum Gasteiger partial charge on any atom is -0.371 e. The van der Waals surface area contributed by atoms with Gasteiger partial charge >= 0.3 is 0 Å². The lowest BCUT2D eigenvalue weighted by Gasteiger charge is -2.00. The van der Waals surface area contributed by atoms with Crippen molar-refractivity contribution in [3.05, 3.63) is 77.5 Å². The molecule has 0 bridgehead atoms. The summed E-state index contributed by atoms with van der Waals surface area (Å²) in [6, 6.07) is 15.9. The van der Waals surface area contributed by atoms with Crippen LogP contribution in [0.3, 0.4) is 0 Å². The predicted octanol–water partition coefficient (Wildman–Crippen LogP) is 4.24. The Labute approximate surface area is 141 Å². The quantitative estimate of drug-likeness (QED) is 0.401. The van der Waals surface area contributed by atoms with Crippen LogP contribution in [-0.2, 0) is 11.3 Å². The van der Waals surface area contributed by atoms with Crippen LogP contribution in [0.25, 0.3) is 17.0 Å². The third-order valence-corrected chi connectivity index (χ3v) is 4.37. The Balaban J connectivity index is 1.63. The number of epoxide rings is 1. The molecule has 1 atom stereocenters. The van der Waals surface area contributed by atoms with E-state index in [9.17, 15) is 4.79 Å². The van der Waals surface area contributed by atoms with Gasteiger partial charge in [0.15, 0.2) is 5.78 Å². The maximum atomic E-state index is 12.3. The predicted molar refractivity (Wildman–Crippen MR) is 96.2 cm³/mol. The zero-order valence-electron chi connectivity index (χ0n) is 13.6. The summed E-state index contributed by atoms with van der Waals surface area (Å²) in [5.41, 5.74) is 4.11. The lowest BCUT2D eigenvalue weighted by Crippen LogP contribution is -2.01. The van der Waals surface area contributed by atoms with Crippen LogP contribution in [-0.4, -0.2) is 23.1 Å². The topological polar surface area (TPSA) is 34.5 Å². The van der Waals surface area contributed by atoms with Gasteiger partial charge in [-0.05, 0) is 25.1 Å². The van der Waals surface area contributed by atoms with Crippen molar-refractivity contribution in [1.82, 2.24) is 4.57 Å². The number of allylic oxidation sites excluding steroid dienone is 1. The van der Waals surface area contributed by atoms with E-state index in [0.717, 1.165) is 29.7 Å². The molecule has 3 aromatic rings. The summed E-state index contributed by atoms with van der Waals surface area (Å²) >= 11 is 0. The van der Waals surface area contributed by atoms with E-state index in [1.807, 2.05) is 49.4 Å². The number of carbonyl (C=O) groups is 1. The number of aryl methyl sites for hydroxylation is 1. The number of ketones is 1. The lowest BCUT2D eigenvalue weighted by molar-refractivity contribution is 0.104. The molecular formula is C21H19NO2. The van der Waals surface area contributed by atoms with E-state index in [1.165, 1.54) is 5.52 Å². The van der Waals surface area contributed by atoms with Gasteiger partial charge in [-0.2, -0.15) is 0 Å². The number of rotatable bonds is 5. The van der Waals surface area contributed by atoms with Crippen LogP contribution in [0.2, 0.25) is 0 Å². The highest BCUT2D eigenvalue weighted by atomic mass is 16.6. The third kappa shape index (κ3) is 3.03. The fourth-order valence-electron chi connectivity index (χ4n) is 2.93. The fourth-order valence-corrected chi connectivity index (χ4v) is 2.93. The van der Waals surface area contributed by atoms with Gasteiger partial charge in [0.2, 0.25) is 0 Å². The van der Waals surface area contributed by atoms with E-state index >= 15 is 0 Å². The summed E-state index contributed by atoms with van der Waals surface area (Å²) in [4.78, 5) is 12.3. The number of nitrogens with zero attached hydrogens (tertiary/aromatic N) is 1. The smallest absolute Gasteiger partial charge is 0.185 e. The van der Waals surface area contributed by atoms with Gasteiger partial charge in [-0.1, -0.05) is 48.0 Å². The highest BCUT2D eigenvalue weighted by Gasteiger charge is 2.23. The van der Waals surface area contributed by atoms with E-state index in [-0.39, 0.29) is 5.78 Å². The maximum Gasteiger partial charge on any atom is 0.185 e. The number of aromatic nitrogens is 1. The molecule has 1 unspecified atom stereocenters. The van der Waals surface area contributed by atoms with Gasteiger partial charge in [0, 0.05) is 28.2 Å². The number of carbonyl (C=O) groups excluding carboxylic acids is 1. The van der Waals surface area contributed by atoms with Gasteiger partial charge in [-0.15, -0.1) is 0 Å². The van der Waals surface area contributed by atoms with Gasteiger partial charge in [0.25, 0.3) is 0 Å².